The number of aliphatic hydroxyl groups is 1. The van der Waals surface area contributed by atoms with Crippen molar-refractivity contribution in [3.63, 3.8) is 0 Å². The van der Waals surface area contributed by atoms with Crippen LogP contribution in [0.3, 0.4) is 0 Å². The number of carbonyl (C=O) groups is 2. The van der Waals surface area contributed by atoms with Crippen LogP contribution in [-0.2, 0) is 19.1 Å². The molecule has 6 heteroatoms. The van der Waals surface area contributed by atoms with E-state index in [-0.39, 0.29) is 41.6 Å². The van der Waals surface area contributed by atoms with Gasteiger partial charge in [-0.1, -0.05) is 24.3 Å². The molecule has 2 bridgehead atoms. The van der Waals surface area contributed by atoms with Crippen molar-refractivity contribution >= 4 is 11.8 Å². The molecule has 1 saturated carbocycles. The standard InChI is InChI=1S/C19H27NO5/c1-2-3-5-19-6-4-14(13-19)15-16(19)18(23)20(17(15)22)7-9-24-11-12-25-10-8-21/h2-4,6,14-16,21H,5,7-13H2,1H3. The summed E-state index contributed by atoms with van der Waals surface area (Å²) in [6.45, 7) is 3.66. The second-order valence-corrected chi connectivity index (χ2v) is 7.01. The number of carbonyl (C=O) groups excluding carboxylic acids is 2. The predicted octanol–water partition coefficient (Wildman–Crippen LogP) is 1.16. The van der Waals surface area contributed by atoms with Crippen LogP contribution in [-0.4, -0.2) is 61.4 Å². The van der Waals surface area contributed by atoms with Crippen molar-refractivity contribution in [1.29, 1.82) is 0 Å². The Labute approximate surface area is 148 Å². The molecule has 0 aromatic heterocycles. The van der Waals surface area contributed by atoms with Crippen LogP contribution < -0.4 is 0 Å². The van der Waals surface area contributed by atoms with E-state index in [0.717, 1.165) is 12.8 Å². The molecule has 6 nitrogen and oxygen atoms in total. The average Bonchev–Trinajstić information content (AvgIpc) is 3.24. The quantitative estimate of drug-likeness (QED) is 0.364. The molecule has 25 heavy (non-hydrogen) atoms. The predicted molar refractivity (Wildman–Crippen MR) is 91.5 cm³/mol. The zero-order valence-electron chi connectivity index (χ0n) is 14.7. The summed E-state index contributed by atoms with van der Waals surface area (Å²) in [7, 11) is 0. The van der Waals surface area contributed by atoms with Crippen LogP contribution in [0.2, 0.25) is 0 Å². The van der Waals surface area contributed by atoms with Crippen molar-refractivity contribution in [2.24, 2.45) is 23.2 Å². The summed E-state index contributed by atoms with van der Waals surface area (Å²) in [6.07, 6.45) is 10.1. The SMILES string of the molecule is CC=CCC12C=CC(C1)C1C(=O)N(CCOCCOCCO)C(=O)C12. The van der Waals surface area contributed by atoms with Crippen molar-refractivity contribution < 1.29 is 24.2 Å². The number of likely N-dealkylation sites (tertiary alicyclic amines) is 1. The number of hydrogen-bond acceptors (Lipinski definition) is 5. The van der Waals surface area contributed by atoms with Gasteiger partial charge >= 0.3 is 0 Å². The molecule has 3 rings (SSSR count). The minimum atomic E-state index is -0.209. The van der Waals surface area contributed by atoms with Crippen molar-refractivity contribution in [3.05, 3.63) is 24.3 Å². The van der Waals surface area contributed by atoms with Gasteiger partial charge in [0.1, 0.15) is 0 Å². The zero-order chi connectivity index (χ0) is 17.9. The Morgan fingerprint density at radius 2 is 2.00 bits per heavy atom. The van der Waals surface area contributed by atoms with Crippen LogP contribution in [0.25, 0.3) is 0 Å². The van der Waals surface area contributed by atoms with E-state index in [1.54, 1.807) is 0 Å². The van der Waals surface area contributed by atoms with Crippen molar-refractivity contribution in [1.82, 2.24) is 4.90 Å². The van der Waals surface area contributed by atoms with E-state index in [0.29, 0.717) is 33.0 Å². The maximum atomic E-state index is 12.9. The van der Waals surface area contributed by atoms with E-state index in [2.05, 4.69) is 18.2 Å². The first-order valence-corrected chi connectivity index (χ1v) is 9.06. The fourth-order valence-corrected chi connectivity index (χ4v) is 4.53. The van der Waals surface area contributed by atoms with E-state index in [1.165, 1.54) is 4.90 Å². The molecule has 4 atom stereocenters. The van der Waals surface area contributed by atoms with Gasteiger partial charge < -0.3 is 14.6 Å². The van der Waals surface area contributed by atoms with Gasteiger partial charge in [0.25, 0.3) is 0 Å². The highest BCUT2D eigenvalue weighted by molar-refractivity contribution is 6.06. The third-order valence-corrected chi connectivity index (χ3v) is 5.61. The molecule has 2 amide bonds. The molecule has 138 valence electrons. The van der Waals surface area contributed by atoms with E-state index in [4.69, 9.17) is 14.6 Å². The molecule has 0 aromatic carbocycles. The minimum Gasteiger partial charge on any atom is -0.394 e. The van der Waals surface area contributed by atoms with Crippen LogP contribution in [0, 0.1) is 23.2 Å². The van der Waals surface area contributed by atoms with Gasteiger partial charge in [0.2, 0.25) is 11.8 Å². The number of rotatable bonds is 10. The Hall–Kier alpha value is -1.50. The number of nitrogens with zero attached hydrogens (tertiary/aromatic N) is 1. The number of fused-ring (bicyclic) bond motifs is 5. The molecular formula is C19H27NO5. The number of amides is 2. The van der Waals surface area contributed by atoms with Crippen LogP contribution >= 0.6 is 0 Å². The summed E-state index contributed by atoms with van der Waals surface area (Å²) in [6, 6.07) is 0. The maximum Gasteiger partial charge on any atom is 0.234 e. The van der Waals surface area contributed by atoms with Gasteiger partial charge in [-0.05, 0) is 25.7 Å². The molecule has 0 aromatic rings. The van der Waals surface area contributed by atoms with Gasteiger partial charge in [0, 0.05) is 5.41 Å². The van der Waals surface area contributed by atoms with Crippen LogP contribution in [0.4, 0.5) is 0 Å². The Kier molecular flexibility index (Phi) is 5.71. The van der Waals surface area contributed by atoms with Crippen molar-refractivity contribution in [3.8, 4) is 0 Å². The first kappa shape index (κ1) is 18.3. The van der Waals surface area contributed by atoms with E-state index in [1.807, 2.05) is 13.0 Å². The summed E-state index contributed by atoms with van der Waals surface area (Å²) >= 11 is 0. The molecule has 1 heterocycles. The molecule has 0 radical (unpaired) electrons. The summed E-state index contributed by atoms with van der Waals surface area (Å²) in [4.78, 5) is 27.0. The molecule has 4 unspecified atom stereocenters. The molecule has 3 aliphatic rings. The molecule has 1 aliphatic heterocycles. The fraction of sp³-hybridized carbons (Fsp3) is 0.684. The Morgan fingerprint density at radius 3 is 2.72 bits per heavy atom. The second kappa shape index (κ2) is 7.81. The first-order chi connectivity index (χ1) is 12.1. The number of hydrogen-bond donors (Lipinski definition) is 1. The summed E-state index contributed by atoms with van der Waals surface area (Å²) in [5.41, 5.74) is -0.178. The molecule has 2 fully saturated rings. The number of aliphatic hydroxyl groups excluding tert-OH is 1. The highest BCUT2D eigenvalue weighted by atomic mass is 16.5. The van der Waals surface area contributed by atoms with Gasteiger partial charge in [-0.25, -0.2) is 0 Å². The molecule has 2 aliphatic carbocycles. The smallest absolute Gasteiger partial charge is 0.234 e. The van der Waals surface area contributed by atoms with Gasteiger partial charge in [0.05, 0.1) is 51.4 Å². The number of ether oxygens (including phenoxy) is 2. The lowest BCUT2D eigenvalue weighted by Gasteiger charge is -2.29. The Morgan fingerprint density at radius 1 is 1.24 bits per heavy atom. The first-order valence-electron chi connectivity index (χ1n) is 9.06. The van der Waals surface area contributed by atoms with Gasteiger partial charge in [-0.2, -0.15) is 0 Å². The molecule has 0 spiro atoms. The number of imide groups is 1. The van der Waals surface area contributed by atoms with Crippen LogP contribution in [0.5, 0.6) is 0 Å². The maximum absolute atomic E-state index is 12.9. The third kappa shape index (κ3) is 3.30. The van der Waals surface area contributed by atoms with Crippen molar-refractivity contribution in [2.75, 3.05) is 39.6 Å². The van der Waals surface area contributed by atoms with E-state index in [9.17, 15) is 9.59 Å². The van der Waals surface area contributed by atoms with E-state index < -0.39 is 0 Å². The highest BCUT2D eigenvalue weighted by Gasteiger charge is 2.65. The topological polar surface area (TPSA) is 76.1 Å². The molecule has 1 N–H and O–H groups in total. The molecular weight excluding hydrogens is 322 g/mol. The monoisotopic (exact) mass is 349 g/mol. The van der Waals surface area contributed by atoms with Gasteiger partial charge in [-0.15, -0.1) is 0 Å². The Balaban J connectivity index is 1.55. The second-order valence-electron chi connectivity index (χ2n) is 7.01. The normalized spacial score (nSPS) is 33.2. The van der Waals surface area contributed by atoms with Gasteiger partial charge in [-0.3, -0.25) is 14.5 Å². The largest absolute Gasteiger partial charge is 0.394 e. The summed E-state index contributed by atoms with van der Waals surface area (Å²) in [5.74, 6) is -0.266. The van der Waals surface area contributed by atoms with Crippen LogP contribution in [0.1, 0.15) is 19.8 Å². The lowest BCUT2D eigenvalue weighted by atomic mass is 9.72. The van der Waals surface area contributed by atoms with Gasteiger partial charge in [0.15, 0.2) is 0 Å². The van der Waals surface area contributed by atoms with E-state index >= 15 is 0 Å². The average molecular weight is 349 g/mol. The third-order valence-electron chi connectivity index (χ3n) is 5.61. The number of allylic oxidation sites excluding steroid dienone is 4. The summed E-state index contributed by atoms with van der Waals surface area (Å²) in [5, 5.41) is 8.62. The lowest BCUT2D eigenvalue weighted by molar-refractivity contribution is -0.142. The van der Waals surface area contributed by atoms with Crippen LogP contribution in [0.15, 0.2) is 24.3 Å². The fourth-order valence-electron chi connectivity index (χ4n) is 4.53. The highest BCUT2D eigenvalue weighted by Crippen LogP contribution is 2.61. The Bertz CT molecular complexity index is 572. The van der Waals surface area contributed by atoms with Crippen molar-refractivity contribution in [2.45, 2.75) is 19.8 Å². The lowest BCUT2D eigenvalue weighted by Crippen LogP contribution is -2.37. The zero-order valence-corrected chi connectivity index (χ0v) is 14.7. The summed E-state index contributed by atoms with van der Waals surface area (Å²) < 4.78 is 10.5. The molecule has 1 saturated heterocycles. The minimum absolute atomic E-state index is 0.0102.